The quantitative estimate of drug-likeness (QED) is 0.253. The number of hydrogen-bond acceptors (Lipinski definition) is 3. The van der Waals surface area contributed by atoms with E-state index in [1.54, 1.807) is 0 Å². The highest BCUT2D eigenvalue weighted by Crippen LogP contribution is 2.60. The normalized spacial score (nSPS) is 22.1. The summed E-state index contributed by atoms with van der Waals surface area (Å²) in [5.41, 5.74) is 11.4. The molecule has 4 heterocycles. The van der Waals surface area contributed by atoms with E-state index in [4.69, 9.17) is 4.98 Å². The summed E-state index contributed by atoms with van der Waals surface area (Å²) in [5, 5.41) is 0. The topological polar surface area (TPSA) is 24.3 Å². The fourth-order valence-corrected chi connectivity index (χ4v) is 7.52. The van der Waals surface area contributed by atoms with Gasteiger partial charge in [0.2, 0.25) is 0 Å². The van der Waals surface area contributed by atoms with Crippen molar-refractivity contribution in [2.75, 3.05) is 4.90 Å². The van der Waals surface area contributed by atoms with Gasteiger partial charge in [0.05, 0.1) is 11.2 Å². The van der Waals surface area contributed by atoms with Crippen molar-refractivity contribution in [3.8, 4) is 17.1 Å². The molecule has 0 saturated heterocycles. The Morgan fingerprint density at radius 2 is 1.46 bits per heavy atom. The lowest BCUT2D eigenvalue weighted by Gasteiger charge is -2.58. The van der Waals surface area contributed by atoms with Gasteiger partial charge in [-0.3, -0.25) is 4.57 Å². The SMILES string of the molecule is Cc1cccc(C)c1-n1ccnc1-c1cccc2c1[C@@H]1c3ccccc3C2(C)N2C=CN(c3ccccc3)C12. The zero-order valence-electron chi connectivity index (χ0n) is 22.4. The van der Waals surface area contributed by atoms with E-state index in [1.807, 2.05) is 6.20 Å². The predicted molar refractivity (Wildman–Crippen MR) is 157 cm³/mol. The molecule has 4 heteroatoms. The summed E-state index contributed by atoms with van der Waals surface area (Å²) < 4.78 is 2.29. The highest BCUT2D eigenvalue weighted by atomic mass is 15.4. The molecule has 4 nitrogen and oxygen atoms in total. The average Bonchev–Trinajstić information content (AvgIpc) is 3.63. The van der Waals surface area contributed by atoms with Crippen molar-refractivity contribution in [1.29, 1.82) is 0 Å². The van der Waals surface area contributed by atoms with E-state index in [-0.39, 0.29) is 17.6 Å². The summed E-state index contributed by atoms with van der Waals surface area (Å²) in [7, 11) is 0. The van der Waals surface area contributed by atoms with Crippen LogP contribution in [0.3, 0.4) is 0 Å². The second-order valence-electron chi connectivity index (χ2n) is 11.1. The molecule has 0 N–H and O–H groups in total. The van der Waals surface area contributed by atoms with Crippen molar-refractivity contribution in [3.05, 3.63) is 149 Å². The molecule has 0 radical (unpaired) electrons. The smallest absolute Gasteiger partial charge is 0.144 e. The van der Waals surface area contributed by atoms with E-state index in [0.29, 0.717) is 0 Å². The molecule has 0 amide bonds. The molecule has 0 fully saturated rings. The van der Waals surface area contributed by atoms with Gasteiger partial charge in [0.25, 0.3) is 0 Å². The summed E-state index contributed by atoms with van der Waals surface area (Å²) in [5.74, 6) is 1.16. The Balaban J connectivity index is 1.40. The molecule has 9 rings (SSSR count). The van der Waals surface area contributed by atoms with Gasteiger partial charge in [-0.05, 0) is 66.3 Å². The first kappa shape index (κ1) is 22.4. The molecule has 3 atom stereocenters. The molecule has 190 valence electrons. The van der Waals surface area contributed by atoms with Gasteiger partial charge in [0.1, 0.15) is 12.0 Å². The molecule has 0 saturated carbocycles. The molecule has 4 aliphatic rings. The van der Waals surface area contributed by atoms with Crippen LogP contribution in [0.2, 0.25) is 0 Å². The minimum absolute atomic E-state index is 0.143. The highest BCUT2D eigenvalue weighted by Gasteiger charge is 2.58. The fraction of sp³-hybridized carbons (Fsp3) is 0.171. The van der Waals surface area contributed by atoms with E-state index < -0.39 is 0 Å². The third-order valence-corrected chi connectivity index (χ3v) is 9.15. The maximum absolute atomic E-state index is 5.00. The monoisotopic (exact) mass is 506 g/mol. The van der Waals surface area contributed by atoms with Gasteiger partial charge < -0.3 is 9.80 Å². The first-order valence-electron chi connectivity index (χ1n) is 13.7. The van der Waals surface area contributed by atoms with Crippen LogP contribution < -0.4 is 4.90 Å². The van der Waals surface area contributed by atoms with Crippen LogP contribution in [-0.2, 0) is 5.54 Å². The molecule has 3 aliphatic heterocycles. The van der Waals surface area contributed by atoms with Crippen molar-refractivity contribution in [2.45, 2.75) is 38.4 Å². The highest BCUT2D eigenvalue weighted by molar-refractivity contribution is 5.75. The summed E-state index contributed by atoms with van der Waals surface area (Å²) >= 11 is 0. The zero-order valence-corrected chi connectivity index (χ0v) is 22.4. The van der Waals surface area contributed by atoms with E-state index in [1.165, 1.54) is 50.3 Å². The van der Waals surface area contributed by atoms with Crippen molar-refractivity contribution >= 4 is 5.69 Å². The lowest BCUT2D eigenvalue weighted by atomic mass is 9.61. The number of aryl methyl sites for hydroxylation is 2. The summed E-state index contributed by atoms with van der Waals surface area (Å²) in [6, 6.07) is 33.2. The van der Waals surface area contributed by atoms with Crippen LogP contribution in [0.1, 0.15) is 46.2 Å². The van der Waals surface area contributed by atoms with E-state index in [9.17, 15) is 0 Å². The number of nitrogens with zero attached hydrogens (tertiary/aromatic N) is 4. The van der Waals surface area contributed by atoms with E-state index >= 15 is 0 Å². The fourth-order valence-electron chi connectivity index (χ4n) is 7.52. The van der Waals surface area contributed by atoms with Gasteiger partial charge in [-0.25, -0.2) is 4.98 Å². The second-order valence-corrected chi connectivity index (χ2v) is 11.1. The van der Waals surface area contributed by atoms with Crippen molar-refractivity contribution in [1.82, 2.24) is 14.5 Å². The number of hydrogen-bond donors (Lipinski definition) is 0. The number of para-hydroxylation sites is 2. The van der Waals surface area contributed by atoms with Crippen LogP contribution in [0, 0.1) is 13.8 Å². The van der Waals surface area contributed by atoms with Crippen LogP contribution in [0.5, 0.6) is 0 Å². The third-order valence-electron chi connectivity index (χ3n) is 9.15. The molecule has 1 aliphatic carbocycles. The zero-order chi connectivity index (χ0) is 26.3. The molecule has 5 aromatic rings. The number of imidazole rings is 1. The van der Waals surface area contributed by atoms with Crippen LogP contribution in [0.4, 0.5) is 5.69 Å². The van der Waals surface area contributed by atoms with Gasteiger partial charge in [-0.2, -0.15) is 0 Å². The summed E-state index contributed by atoms with van der Waals surface area (Å²) in [6.45, 7) is 6.77. The van der Waals surface area contributed by atoms with Crippen molar-refractivity contribution in [3.63, 3.8) is 0 Å². The van der Waals surface area contributed by atoms with E-state index in [0.717, 1.165) is 5.82 Å². The molecule has 2 unspecified atom stereocenters. The van der Waals surface area contributed by atoms with Gasteiger partial charge >= 0.3 is 0 Å². The number of rotatable bonds is 3. The van der Waals surface area contributed by atoms with Crippen molar-refractivity contribution < 1.29 is 0 Å². The van der Waals surface area contributed by atoms with Crippen LogP contribution in [0.25, 0.3) is 17.1 Å². The lowest BCUT2D eigenvalue weighted by molar-refractivity contribution is 0.111. The minimum atomic E-state index is -0.294. The van der Waals surface area contributed by atoms with Gasteiger partial charge in [-0.1, -0.05) is 78.9 Å². The predicted octanol–water partition coefficient (Wildman–Crippen LogP) is 7.50. The minimum Gasteiger partial charge on any atom is -0.341 e. The first-order chi connectivity index (χ1) is 19.1. The summed E-state index contributed by atoms with van der Waals surface area (Å²) in [4.78, 5) is 10.0. The van der Waals surface area contributed by atoms with Crippen LogP contribution in [-0.4, -0.2) is 20.6 Å². The maximum atomic E-state index is 5.00. The van der Waals surface area contributed by atoms with Crippen LogP contribution >= 0.6 is 0 Å². The van der Waals surface area contributed by atoms with Gasteiger partial charge in [-0.15, -0.1) is 0 Å². The molecular formula is C35H30N4. The Morgan fingerprint density at radius 3 is 2.28 bits per heavy atom. The lowest BCUT2D eigenvalue weighted by Crippen LogP contribution is -2.60. The van der Waals surface area contributed by atoms with Gasteiger partial charge in [0, 0.05) is 42.0 Å². The van der Waals surface area contributed by atoms with Crippen molar-refractivity contribution in [2.24, 2.45) is 0 Å². The molecule has 2 bridgehead atoms. The Hall–Kier alpha value is -4.57. The largest absolute Gasteiger partial charge is 0.341 e. The Morgan fingerprint density at radius 1 is 0.744 bits per heavy atom. The van der Waals surface area contributed by atoms with Crippen LogP contribution in [0.15, 0.2) is 116 Å². The second kappa shape index (κ2) is 7.97. The average molecular weight is 507 g/mol. The number of benzene rings is 4. The van der Waals surface area contributed by atoms with Gasteiger partial charge in [0.15, 0.2) is 0 Å². The standard InChI is InChI=1S/C35H30N4/c1-23-11-9-12-24(2)32(23)38-20-19-36-33(38)27-16-10-18-29-30(27)31-26-15-7-8-17-28(26)35(29,3)39-22-21-37(34(31)39)25-13-5-4-6-14-25/h4-22,31,34H,1-3H3/t31-,34?,35?/m0/s1. The van der Waals surface area contributed by atoms with E-state index in [2.05, 4.69) is 145 Å². The molecule has 39 heavy (non-hydrogen) atoms. The first-order valence-corrected chi connectivity index (χ1v) is 13.7. The Bertz CT molecular complexity index is 1760. The third kappa shape index (κ3) is 2.86. The number of anilines is 1. The maximum Gasteiger partial charge on any atom is 0.144 e. The number of aromatic nitrogens is 2. The molecule has 1 aromatic heterocycles. The molecule has 0 spiro atoms. The Kier molecular flexibility index (Phi) is 4.58. The molecule has 4 aromatic carbocycles. The summed E-state index contributed by atoms with van der Waals surface area (Å²) in [6.07, 6.45) is 8.76. The molecular weight excluding hydrogens is 476 g/mol. The Labute approximate surface area is 229 Å².